The molecule has 0 saturated heterocycles. The minimum Gasteiger partial charge on any atom is -0.303 e. The van der Waals surface area contributed by atoms with E-state index < -0.39 is 133 Å². The Bertz CT molecular complexity index is 1390. The van der Waals surface area contributed by atoms with Crippen molar-refractivity contribution in [3.63, 3.8) is 0 Å². The van der Waals surface area contributed by atoms with E-state index in [9.17, 15) is 61.3 Å². The molecule has 8 unspecified atom stereocenters. The number of hydrogen-bond donors (Lipinski definition) is 8. The molecule has 0 aliphatic rings. The van der Waals surface area contributed by atoms with Gasteiger partial charge in [0.15, 0.2) is 0 Å². The highest BCUT2D eigenvalue weighted by atomic mass is 31.2. The molecule has 0 saturated carbocycles. The molecule has 0 aliphatic carbocycles. The Morgan fingerprint density at radius 3 is 0.868 bits per heavy atom. The van der Waals surface area contributed by atoms with Crippen molar-refractivity contribution in [3.8, 4) is 0 Å². The molecular formula is C18H45O28P7. The van der Waals surface area contributed by atoms with Crippen molar-refractivity contribution in [2.24, 2.45) is 0 Å². The van der Waals surface area contributed by atoms with Crippen LogP contribution >= 0.6 is 54.8 Å². The van der Waals surface area contributed by atoms with E-state index in [-0.39, 0.29) is 19.4 Å². The van der Waals surface area contributed by atoms with Crippen LogP contribution in [0.4, 0.5) is 0 Å². The van der Waals surface area contributed by atoms with Gasteiger partial charge in [-0.25, -0.2) is 32.0 Å². The van der Waals surface area contributed by atoms with Gasteiger partial charge >= 0.3 is 54.8 Å². The summed E-state index contributed by atoms with van der Waals surface area (Å²) in [5.74, 6) is 0. The quantitative estimate of drug-likeness (QED) is 0.0339. The summed E-state index contributed by atoms with van der Waals surface area (Å²) in [6.45, 7) is -3.66. The summed E-state index contributed by atoms with van der Waals surface area (Å²) < 4.78 is 141. The third-order valence-electron chi connectivity index (χ3n) is 4.99. The highest BCUT2D eigenvalue weighted by Gasteiger charge is 2.31. The summed E-state index contributed by atoms with van der Waals surface area (Å²) in [6.07, 6.45) is -2.41. The van der Waals surface area contributed by atoms with Crippen LogP contribution < -0.4 is 0 Å². The fourth-order valence-corrected chi connectivity index (χ4v) is 7.88. The molecule has 0 aliphatic heterocycles. The highest BCUT2D eigenvalue weighted by Crippen LogP contribution is 2.50. The van der Waals surface area contributed by atoms with E-state index in [4.69, 9.17) is 14.3 Å². The zero-order valence-corrected chi connectivity index (χ0v) is 34.5. The van der Waals surface area contributed by atoms with Crippen molar-refractivity contribution in [1.82, 2.24) is 0 Å². The van der Waals surface area contributed by atoms with Crippen molar-refractivity contribution in [2.45, 2.75) is 45.8 Å². The van der Waals surface area contributed by atoms with Gasteiger partial charge in [0.1, 0.15) is 0 Å². The highest BCUT2D eigenvalue weighted by molar-refractivity contribution is 7.49. The summed E-state index contributed by atoms with van der Waals surface area (Å²) in [7, 11) is -33.5. The van der Waals surface area contributed by atoms with Gasteiger partial charge in [-0.3, -0.25) is 58.8 Å². The number of hydrogen-bond acceptors (Lipinski definition) is 20. The van der Waals surface area contributed by atoms with E-state index in [1.54, 1.807) is 0 Å². The van der Waals surface area contributed by atoms with Crippen LogP contribution in [0.3, 0.4) is 0 Å². The van der Waals surface area contributed by atoms with Gasteiger partial charge in [0.05, 0.1) is 84.9 Å². The molecule has 53 heavy (non-hydrogen) atoms. The molecule has 8 N–H and O–H groups in total. The van der Waals surface area contributed by atoms with E-state index >= 15 is 0 Å². The maximum absolute atomic E-state index is 12.1. The maximum Gasteiger partial charge on any atom is 0.472 e. The fourth-order valence-electron chi connectivity index (χ4n) is 2.78. The molecule has 0 aromatic rings. The first kappa shape index (κ1) is 53.8. The third-order valence-corrected chi connectivity index (χ3v) is 11.7. The summed E-state index contributed by atoms with van der Waals surface area (Å²) >= 11 is 0. The average Bonchev–Trinajstić information content (AvgIpc) is 3.02. The van der Waals surface area contributed by atoms with Crippen LogP contribution in [0.5, 0.6) is 0 Å². The van der Waals surface area contributed by atoms with Gasteiger partial charge in [-0.2, -0.15) is 0 Å². The lowest BCUT2D eigenvalue weighted by Gasteiger charge is -2.20. The van der Waals surface area contributed by atoms with Crippen LogP contribution in [-0.4, -0.2) is 124 Å². The molecule has 0 heterocycles. The van der Waals surface area contributed by atoms with E-state index in [0.717, 1.165) is 0 Å². The second-order valence-electron chi connectivity index (χ2n) is 9.25. The number of phosphoric acid groups is 7. The van der Waals surface area contributed by atoms with Crippen molar-refractivity contribution < 1.29 is 130 Å². The Labute approximate surface area is 303 Å². The molecule has 0 rings (SSSR count). The first-order chi connectivity index (χ1) is 24.2. The zero-order valence-electron chi connectivity index (χ0n) is 28.2. The second kappa shape index (κ2) is 25.3. The van der Waals surface area contributed by atoms with Crippen LogP contribution in [0.15, 0.2) is 0 Å². The van der Waals surface area contributed by atoms with Gasteiger partial charge < -0.3 is 39.1 Å². The molecule has 8 atom stereocenters. The number of rotatable bonds is 34. The topological polar surface area (TPSA) is 401 Å². The molecule has 0 spiro atoms. The van der Waals surface area contributed by atoms with Crippen LogP contribution in [0.1, 0.15) is 33.6 Å². The third kappa shape index (κ3) is 30.5. The molecule has 0 amide bonds. The monoisotopic (exact) mass is 926 g/mol. The predicted molar refractivity (Wildman–Crippen MR) is 172 cm³/mol. The van der Waals surface area contributed by atoms with Crippen molar-refractivity contribution in [3.05, 3.63) is 0 Å². The average molecular weight is 926 g/mol. The van der Waals surface area contributed by atoms with Gasteiger partial charge in [0, 0.05) is 0 Å². The maximum atomic E-state index is 12.1. The molecule has 0 aromatic carbocycles. The molecule has 0 radical (unpaired) electrons. The lowest BCUT2D eigenvalue weighted by molar-refractivity contribution is 0.0459. The minimum absolute atomic E-state index is 0.00967. The fraction of sp³-hybridized carbons (Fsp3) is 1.00. The van der Waals surface area contributed by atoms with E-state index in [0.29, 0.717) is 0 Å². The van der Waals surface area contributed by atoms with Crippen LogP contribution in [-0.2, 0) is 90.8 Å². The Hall–Kier alpha value is 0.770. The summed E-state index contributed by atoms with van der Waals surface area (Å²) in [4.78, 5) is 75.2. The predicted octanol–water partition coefficient (Wildman–Crippen LogP) is 2.47. The van der Waals surface area contributed by atoms with Crippen LogP contribution in [0.25, 0.3) is 0 Å². The largest absolute Gasteiger partial charge is 0.472 e. The van der Waals surface area contributed by atoms with Gasteiger partial charge in [-0.1, -0.05) is 13.8 Å². The van der Waals surface area contributed by atoms with E-state index in [1.165, 1.54) is 20.8 Å². The first-order valence-electron chi connectivity index (χ1n) is 14.7. The molecule has 0 bridgehead atoms. The van der Waals surface area contributed by atoms with Crippen molar-refractivity contribution in [2.75, 3.05) is 72.7 Å². The summed E-state index contributed by atoms with van der Waals surface area (Å²) in [6, 6.07) is 0. The lowest BCUT2D eigenvalue weighted by Crippen LogP contribution is -2.18. The Morgan fingerprint density at radius 2 is 0.604 bits per heavy atom. The standard InChI is InChI=1S/C18H45O28P7/c1-4-17(45-47(19,20)21)15-44-52(30,31)41-12-11-39-50(26,27)37-8-7-35-49(24,25)36-9-10-38-51(28,29)40-13-14-42-53(32,33)46-18(5-2)16-43-48(22,23)34-6-3/h17-18H,4-16H2,1-3H3,(H,22,23)(H,24,25)(H,26,27)(H,28,29)(H,30,31)(H,32,33)(H2,19,20,21). The van der Waals surface area contributed by atoms with Crippen LogP contribution in [0, 0.1) is 0 Å². The van der Waals surface area contributed by atoms with Gasteiger partial charge in [-0.05, 0) is 19.8 Å². The molecule has 0 fully saturated rings. The molecular weight excluding hydrogens is 881 g/mol. The number of phosphoric ester groups is 7. The van der Waals surface area contributed by atoms with Crippen LogP contribution in [0.2, 0.25) is 0 Å². The molecule has 0 aromatic heterocycles. The molecule has 28 nitrogen and oxygen atoms in total. The van der Waals surface area contributed by atoms with Crippen molar-refractivity contribution >= 4 is 54.8 Å². The SMILES string of the molecule is CCOP(=O)(O)OCC(CC)OP(=O)(O)OCCOP(=O)(O)OCCOP(=O)(O)OCCOP(=O)(O)OCCOP(=O)(O)OCC(CC)OP(=O)(O)O. The van der Waals surface area contributed by atoms with E-state index in [2.05, 4.69) is 54.3 Å². The van der Waals surface area contributed by atoms with E-state index in [1.807, 2.05) is 0 Å². The Morgan fingerprint density at radius 1 is 0.358 bits per heavy atom. The minimum atomic E-state index is -4.90. The van der Waals surface area contributed by atoms with Gasteiger partial charge in [0.2, 0.25) is 0 Å². The second-order valence-corrected chi connectivity index (χ2v) is 19.1. The molecule has 35 heteroatoms. The van der Waals surface area contributed by atoms with Gasteiger partial charge in [0.25, 0.3) is 0 Å². The molecule has 320 valence electrons. The Kier molecular flexibility index (Phi) is 25.7. The van der Waals surface area contributed by atoms with Gasteiger partial charge in [-0.15, -0.1) is 0 Å². The smallest absolute Gasteiger partial charge is 0.303 e. The lowest BCUT2D eigenvalue weighted by atomic mass is 10.3. The normalized spacial score (nSPS) is 20.6. The first-order valence-corrected chi connectivity index (χ1v) is 25.2. The summed E-state index contributed by atoms with van der Waals surface area (Å²) in [5.41, 5.74) is 0. The van der Waals surface area contributed by atoms with Crippen molar-refractivity contribution in [1.29, 1.82) is 0 Å². The summed E-state index contributed by atoms with van der Waals surface area (Å²) in [5, 5.41) is 0. The Balaban J connectivity index is 4.32. The zero-order chi connectivity index (χ0) is 41.0.